The Balaban J connectivity index is 1.98. The second-order valence-corrected chi connectivity index (χ2v) is 8.02. The highest BCUT2D eigenvalue weighted by atomic mass is 16.7. The Hall–Kier alpha value is -2.78. The lowest BCUT2D eigenvalue weighted by Crippen LogP contribution is -2.25. The molecule has 2 heterocycles. The van der Waals surface area contributed by atoms with Crippen LogP contribution in [0.3, 0.4) is 0 Å². The van der Waals surface area contributed by atoms with E-state index < -0.39 is 0 Å². The average Bonchev–Trinajstić information content (AvgIpc) is 3.16. The molecule has 9 nitrogen and oxygen atoms in total. The van der Waals surface area contributed by atoms with Crippen molar-refractivity contribution in [2.45, 2.75) is 38.6 Å². The van der Waals surface area contributed by atoms with Gasteiger partial charge in [0.1, 0.15) is 11.0 Å². The predicted octanol–water partition coefficient (Wildman–Crippen LogP) is 3.14. The van der Waals surface area contributed by atoms with Crippen molar-refractivity contribution in [3.05, 3.63) is 22.7 Å². The quantitative estimate of drug-likeness (QED) is 0.547. The van der Waals surface area contributed by atoms with Gasteiger partial charge < -0.3 is 28.6 Å². The van der Waals surface area contributed by atoms with Gasteiger partial charge in [-0.2, -0.15) is 0 Å². The third-order valence-corrected chi connectivity index (χ3v) is 5.93. The maximum atomic E-state index is 13.1. The fraction of sp³-hybridized carbons (Fsp3) is 0.545. The molecule has 1 N–H and O–H groups in total. The van der Waals surface area contributed by atoms with Crippen LogP contribution in [0.1, 0.15) is 32.1 Å². The highest BCUT2D eigenvalue weighted by Gasteiger charge is 2.26. The van der Waals surface area contributed by atoms with Gasteiger partial charge in [-0.3, -0.25) is 9.36 Å². The molecule has 0 atom stereocenters. The number of pyridine rings is 1. The van der Waals surface area contributed by atoms with E-state index in [0.717, 1.165) is 25.7 Å². The number of hydrogen-bond acceptors (Lipinski definition) is 7. The van der Waals surface area contributed by atoms with Gasteiger partial charge in [0, 0.05) is 39.3 Å². The Bertz CT molecular complexity index is 1130. The van der Waals surface area contributed by atoms with Gasteiger partial charge in [0.15, 0.2) is 25.1 Å². The number of hydrogen-bond donors (Lipinski definition) is 1. The zero-order valence-corrected chi connectivity index (χ0v) is 18.2. The molecule has 1 aliphatic carbocycles. The average molecular weight is 431 g/mol. The highest BCUT2D eigenvalue weighted by molar-refractivity contribution is 6.10. The second-order valence-electron chi connectivity index (χ2n) is 8.02. The molecule has 0 bridgehead atoms. The van der Waals surface area contributed by atoms with E-state index in [9.17, 15) is 9.90 Å². The summed E-state index contributed by atoms with van der Waals surface area (Å²) in [6.07, 6.45) is 7.27. The first-order chi connectivity index (χ1) is 15.1. The van der Waals surface area contributed by atoms with Crippen LogP contribution in [-0.2, 0) is 23.1 Å². The number of fused-ring (bicyclic) bond motifs is 2. The summed E-state index contributed by atoms with van der Waals surface area (Å²) in [5.74, 6) is 0.982. The van der Waals surface area contributed by atoms with E-state index in [1.807, 2.05) is 7.05 Å². The first-order valence-electron chi connectivity index (χ1n) is 10.5. The molecule has 1 aliphatic rings. The summed E-state index contributed by atoms with van der Waals surface area (Å²) in [7, 11) is 4.87. The van der Waals surface area contributed by atoms with E-state index >= 15 is 0 Å². The summed E-state index contributed by atoms with van der Waals surface area (Å²) in [5, 5.41) is 12.1. The molecule has 31 heavy (non-hydrogen) atoms. The summed E-state index contributed by atoms with van der Waals surface area (Å²) < 4.78 is 25.1. The minimum Gasteiger partial charge on any atom is -0.494 e. The molecule has 1 aromatic carbocycles. The number of imidazole rings is 1. The molecule has 1 fully saturated rings. The van der Waals surface area contributed by atoms with Crippen molar-refractivity contribution < 1.29 is 24.1 Å². The van der Waals surface area contributed by atoms with Crippen LogP contribution in [0.4, 0.5) is 0 Å². The van der Waals surface area contributed by atoms with Crippen LogP contribution in [0.5, 0.6) is 17.4 Å². The van der Waals surface area contributed by atoms with Gasteiger partial charge >= 0.3 is 0 Å². The van der Waals surface area contributed by atoms with Crippen LogP contribution in [0.15, 0.2) is 17.2 Å². The maximum Gasteiger partial charge on any atom is 0.254 e. The Morgan fingerprint density at radius 2 is 1.77 bits per heavy atom. The minimum atomic E-state index is -0.281. The third kappa shape index (κ3) is 3.95. The Morgan fingerprint density at radius 3 is 2.45 bits per heavy atom. The lowest BCUT2D eigenvalue weighted by Gasteiger charge is -2.24. The molecular formula is C22H29N3O6. The molecule has 168 valence electrons. The number of benzene rings is 1. The Labute approximate surface area is 180 Å². The number of aryl methyl sites for hydroxylation is 1. The maximum absolute atomic E-state index is 13.1. The van der Waals surface area contributed by atoms with E-state index in [1.165, 1.54) is 31.3 Å². The van der Waals surface area contributed by atoms with Crippen molar-refractivity contribution in [3.63, 3.8) is 0 Å². The number of rotatable bonds is 8. The van der Waals surface area contributed by atoms with Gasteiger partial charge in [0.25, 0.3) is 5.56 Å². The molecule has 0 unspecified atom stereocenters. The lowest BCUT2D eigenvalue weighted by atomic mass is 9.89. The van der Waals surface area contributed by atoms with Crippen LogP contribution in [0.25, 0.3) is 21.8 Å². The lowest BCUT2D eigenvalue weighted by molar-refractivity contribution is 0.0512. The highest BCUT2D eigenvalue weighted by Crippen LogP contribution is 2.45. The fourth-order valence-electron chi connectivity index (χ4n) is 4.47. The van der Waals surface area contributed by atoms with E-state index in [1.54, 1.807) is 10.9 Å². The van der Waals surface area contributed by atoms with Crippen LogP contribution in [0, 0.1) is 5.92 Å². The van der Waals surface area contributed by atoms with Gasteiger partial charge in [-0.1, -0.05) is 19.3 Å². The standard InChI is InChI=1S/C22H29N3O6/c1-24-11-23-18-19(24)20(30-12-28-2)15-9-16(26)25(10-14-7-5-4-6-8-14)22(27)17(15)21(18)31-13-29-3/h9,11,14,27H,4-8,10,12-13H2,1-3H3. The number of methoxy groups -OCH3 is 2. The molecule has 1 saturated carbocycles. The van der Waals surface area contributed by atoms with Gasteiger partial charge in [-0.15, -0.1) is 0 Å². The van der Waals surface area contributed by atoms with Gasteiger partial charge in [-0.05, 0) is 18.8 Å². The molecule has 0 radical (unpaired) electrons. The largest absolute Gasteiger partial charge is 0.494 e. The summed E-state index contributed by atoms with van der Waals surface area (Å²) in [6, 6.07) is 1.50. The Kier molecular flexibility index (Phi) is 6.33. The van der Waals surface area contributed by atoms with E-state index in [2.05, 4.69) is 4.98 Å². The normalized spacial score (nSPS) is 15.1. The number of aromatic hydroxyl groups is 1. The first kappa shape index (κ1) is 21.5. The van der Waals surface area contributed by atoms with Crippen molar-refractivity contribution in [2.24, 2.45) is 13.0 Å². The van der Waals surface area contributed by atoms with Crippen molar-refractivity contribution in [3.8, 4) is 17.4 Å². The van der Waals surface area contributed by atoms with Crippen LogP contribution in [0.2, 0.25) is 0 Å². The van der Waals surface area contributed by atoms with Gasteiger partial charge in [0.05, 0.1) is 11.7 Å². The van der Waals surface area contributed by atoms with Crippen LogP contribution in [-0.4, -0.2) is 47.0 Å². The van der Waals surface area contributed by atoms with Crippen LogP contribution >= 0.6 is 0 Å². The topological polar surface area (TPSA) is 97.0 Å². The fourth-order valence-corrected chi connectivity index (χ4v) is 4.47. The number of aromatic nitrogens is 3. The smallest absolute Gasteiger partial charge is 0.254 e. The molecule has 0 saturated heterocycles. The van der Waals surface area contributed by atoms with Crippen molar-refractivity contribution in [1.29, 1.82) is 0 Å². The minimum absolute atomic E-state index is 0.0143. The third-order valence-electron chi connectivity index (χ3n) is 5.93. The molecule has 3 aromatic rings. The van der Waals surface area contributed by atoms with E-state index in [0.29, 0.717) is 45.8 Å². The summed E-state index contributed by atoms with van der Waals surface area (Å²) in [4.78, 5) is 17.5. The first-order valence-corrected chi connectivity index (χ1v) is 10.5. The molecule has 0 aliphatic heterocycles. The molecule has 2 aromatic heterocycles. The monoisotopic (exact) mass is 431 g/mol. The SMILES string of the molecule is COCOc1c2ncn(C)c2c(OCOC)c2cc(=O)n(CC3CCCCC3)c(O)c12. The van der Waals surface area contributed by atoms with Crippen molar-refractivity contribution in [1.82, 2.24) is 14.1 Å². The van der Waals surface area contributed by atoms with E-state index in [-0.39, 0.29) is 25.0 Å². The van der Waals surface area contributed by atoms with E-state index in [4.69, 9.17) is 18.9 Å². The van der Waals surface area contributed by atoms with Crippen LogP contribution < -0.4 is 15.0 Å². The summed E-state index contributed by atoms with van der Waals surface area (Å²) in [6.45, 7) is 0.429. The number of ether oxygens (including phenoxy) is 4. The number of nitrogens with zero attached hydrogens (tertiary/aromatic N) is 3. The summed E-state index contributed by atoms with van der Waals surface area (Å²) >= 11 is 0. The molecule has 0 spiro atoms. The molecule has 4 rings (SSSR count). The molecule has 0 amide bonds. The molecule has 9 heteroatoms. The van der Waals surface area contributed by atoms with Gasteiger partial charge in [0.2, 0.25) is 5.88 Å². The van der Waals surface area contributed by atoms with Crippen molar-refractivity contribution in [2.75, 3.05) is 27.8 Å². The second kappa shape index (κ2) is 9.15. The molecular weight excluding hydrogens is 402 g/mol. The summed E-state index contributed by atoms with van der Waals surface area (Å²) in [5.41, 5.74) is 0.868. The predicted molar refractivity (Wildman–Crippen MR) is 116 cm³/mol. The zero-order valence-electron chi connectivity index (χ0n) is 18.2. The van der Waals surface area contributed by atoms with Gasteiger partial charge in [-0.25, -0.2) is 4.98 Å². The zero-order chi connectivity index (χ0) is 22.0. The Morgan fingerprint density at radius 1 is 1.10 bits per heavy atom. The van der Waals surface area contributed by atoms with Crippen molar-refractivity contribution >= 4 is 21.8 Å².